The highest BCUT2D eigenvalue weighted by atomic mass is 32.2. The van der Waals surface area contributed by atoms with E-state index in [0.29, 0.717) is 27.5 Å². The molecule has 0 aliphatic carbocycles. The standard InChI is InChI=1S/C25H24N2O5S/c1-5-19-15-18(2)24(23(16-19)25(28)26(3)29)27(17-20-9-7-6-8-10-20)33(30,31)22-13-11-21(32-4)12-14-22/h1,6-16,29H,17H2,2-4H3. The Hall–Kier alpha value is -3.80. The predicted octanol–water partition coefficient (Wildman–Crippen LogP) is 3.84. The van der Waals surface area contributed by atoms with Crippen molar-refractivity contribution in [1.29, 1.82) is 0 Å². The normalized spacial score (nSPS) is 10.9. The van der Waals surface area contributed by atoms with Crippen LogP contribution in [0.2, 0.25) is 0 Å². The topological polar surface area (TPSA) is 87.2 Å². The van der Waals surface area contributed by atoms with Gasteiger partial charge in [0.2, 0.25) is 0 Å². The number of terminal acetylenes is 1. The van der Waals surface area contributed by atoms with Gasteiger partial charge in [-0.3, -0.25) is 14.3 Å². The quantitative estimate of drug-likeness (QED) is 0.326. The maximum atomic E-state index is 13.8. The summed E-state index contributed by atoms with van der Waals surface area (Å²) in [6.07, 6.45) is 5.54. The van der Waals surface area contributed by atoms with Crippen LogP contribution in [0.5, 0.6) is 5.75 Å². The highest BCUT2D eigenvalue weighted by Crippen LogP contribution is 2.34. The van der Waals surface area contributed by atoms with Gasteiger partial charge in [0.1, 0.15) is 5.75 Å². The summed E-state index contributed by atoms with van der Waals surface area (Å²) in [6.45, 7) is 1.63. The molecule has 0 aliphatic heterocycles. The van der Waals surface area contributed by atoms with E-state index < -0.39 is 15.9 Å². The zero-order chi connectivity index (χ0) is 24.2. The van der Waals surface area contributed by atoms with Crippen molar-refractivity contribution < 1.29 is 23.2 Å². The van der Waals surface area contributed by atoms with Crippen LogP contribution >= 0.6 is 0 Å². The number of sulfonamides is 1. The first-order valence-electron chi connectivity index (χ1n) is 9.98. The molecule has 0 heterocycles. The lowest BCUT2D eigenvalue weighted by molar-refractivity contribution is -0.0374. The van der Waals surface area contributed by atoms with Crippen LogP contribution in [0.1, 0.15) is 27.0 Å². The van der Waals surface area contributed by atoms with Gasteiger partial charge in [0.15, 0.2) is 0 Å². The molecule has 0 unspecified atom stereocenters. The third-order valence-electron chi connectivity index (χ3n) is 5.06. The zero-order valence-corrected chi connectivity index (χ0v) is 19.3. The lowest BCUT2D eigenvalue weighted by Gasteiger charge is -2.29. The second kappa shape index (κ2) is 9.77. The molecule has 33 heavy (non-hydrogen) atoms. The summed E-state index contributed by atoms with van der Waals surface area (Å²) in [4.78, 5) is 12.9. The minimum Gasteiger partial charge on any atom is -0.497 e. The average Bonchev–Trinajstić information content (AvgIpc) is 2.82. The van der Waals surface area contributed by atoms with E-state index in [1.165, 1.54) is 32.4 Å². The zero-order valence-electron chi connectivity index (χ0n) is 18.5. The maximum Gasteiger partial charge on any atom is 0.279 e. The third-order valence-corrected chi connectivity index (χ3v) is 6.82. The fourth-order valence-corrected chi connectivity index (χ4v) is 4.98. The molecule has 0 bridgehead atoms. The van der Waals surface area contributed by atoms with Gasteiger partial charge in [0.05, 0.1) is 29.8 Å². The van der Waals surface area contributed by atoms with Crippen LogP contribution in [0.4, 0.5) is 5.69 Å². The SMILES string of the molecule is C#Cc1cc(C)c(N(Cc2ccccc2)S(=O)(=O)c2ccc(OC)cc2)c(C(=O)N(C)O)c1. The molecule has 7 nitrogen and oxygen atoms in total. The van der Waals surface area contributed by atoms with Crippen molar-refractivity contribution >= 4 is 21.6 Å². The second-order valence-electron chi connectivity index (χ2n) is 7.34. The number of hydrogen-bond acceptors (Lipinski definition) is 5. The van der Waals surface area contributed by atoms with Gasteiger partial charge in [0.25, 0.3) is 15.9 Å². The lowest BCUT2D eigenvalue weighted by Crippen LogP contribution is -2.34. The molecule has 0 aliphatic rings. The number of carbonyl (C=O) groups is 1. The lowest BCUT2D eigenvalue weighted by atomic mass is 10.0. The van der Waals surface area contributed by atoms with E-state index in [9.17, 15) is 18.4 Å². The van der Waals surface area contributed by atoms with Gasteiger partial charge in [0, 0.05) is 12.6 Å². The highest BCUT2D eigenvalue weighted by Gasteiger charge is 2.31. The molecule has 0 spiro atoms. The molecule has 8 heteroatoms. The molecule has 0 radical (unpaired) electrons. The number of hydroxylamine groups is 2. The van der Waals surface area contributed by atoms with E-state index in [-0.39, 0.29) is 22.7 Å². The van der Waals surface area contributed by atoms with E-state index in [1.807, 2.05) is 6.07 Å². The van der Waals surface area contributed by atoms with Gasteiger partial charge >= 0.3 is 0 Å². The summed E-state index contributed by atoms with van der Waals surface area (Å²) >= 11 is 0. The maximum absolute atomic E-state index is 13.8. The third kappa shape index (κ3) is 5.00. The molecule has 0 atom stereocenters. The number of methoxy groups -OCH3 is 1. The van der Waals surface area contributed by atoms with Gasteiger partial charge in [-0.25, -0.2) is 13.5 Å². The molecule has 3 aromatic rings. The minimum atomic E-state index is -4.13. The summed E-state index contributed by atoms with van der Waals surface area (Å²) in [5.74, 6) is 2.19. The number of rotatable bonds is 7. The molecular formula is C25H24N2O5S. The van der Waals surface area contributed by atoms with Crippen LogP contribution in [-0.2, 0) is 16.6 Å². The first-order chi connectivity index (χ1) is 15.7. The van der Waals surface area contributed by atoms with Crippen molar-refractivity contribution in [2.24, 2.45) is 0 Å². The number of amides is 1. The Morgan fingerprint density at radius 1 is 1.09 bits per heavy atom. The van der Waals surface area contributed by atoms with E-state index in [1.54, 1.807) is 49.4 Å². The monoisotopic (exact) mass is 464 g/mol. The Balaban J connectivity index is 2.28. The summed E-state index contributed by atoms with van der Waals surface area (Å²) < 4.78 is 34.0. The van der Waals surface area contributed by atoms with E-state index in [4.69, 9.17) is 11.2 Å². The van der Waals surface area contributed by atoms with Gasteiger partial charge in [-0.1, -0.05) is 36.3 Å². The molecule has 3 rings (SSSR count). The number of carbonyl (C=O) groups excluding carboxylic acids is 1. The van der Waals surface area contributed by atoms with Crippen molar-refractivity contribution in [2.75, 3.05) is 18.5 Å². The summed E-state index contributed by atoms with van der Waals surface area (Å²) in [5.41, 5.74) is 1.69. The molecule has 3 aromatic carbocycles. The number of aryl methyl sites for hydroxylation is 1. The molecule has 0 saturated carbocycles. The number of benzene rings is 3. The van der Waals surface area contributed by atoms with Crippen molar-refractivity contribution in [2.45, 2.75) is 18.4 Å². The summed E-state index contributed by atoms with van der Waals surface area (Å²) in [7, 11) is -1.47. The minimum absolute atomic E-state index is 0.0235. The molecule has 0 fully saturated rings. The molecule has 1 amide bonds. The molecule has 1 N–H and O–H groups in total. The molecule has 170 valence electrons. The van der Waals surface area contributed by atoms with Crippen molar-refractivity contribution in [3.8, 4) is 18.1 Å². The van der Waals surface area contributed by atoms with E-state index >= 15 is 0 Å². The smallest absolute Gasteiger partial charge is 0.279 e. The number of nitrogens with zero attached hydrogens (tertiary/aromatic N) is 2. The Bertz CT molecular complexity index is 1300. The van der Waals surface area contributed by atoms with Gasteiger partial charge in [-0.2, -0.15) is 0 Å². The molecular weight excluding hydrogens is 440 g/mol. The number of anilines is 1. The fourth-order valence-electron chi connectivity index (χ4n) is 3.44. The molecule has 0 aromatic heterocycles. The first-order valence-corrected chi connectivity index (χ1v) is 11.4. The van der Waals surface area contributed by atoms with E-state index in [2.05, 4.69) is 5.92 Å². The number of ether oxygens (including phenoxy) is 1. The van der Waals surface area contributed by atoms with Crippen LogP contribution < -0.4 is 9.04 Å². The van der Waals surface area contributed by atoms with Crippen LogP contribution in [-0.4, -0.2) is 38.8 Å². The molecule has 0 saturated heterocycles. The van der Waals surface area contributed by atoms with E-state index in [0.717, 1.165) is 4.31 Å². The Kier molecular flexibility index (Phi) is 7.07. The Morgan fingerprint density at radius 2 is 1.73 bits per heavy atom. The predicted molar refractivity (Wildman–Crippen MR) is 126 cm³/mol. The fraction of sp³-hybridized carbons (Fsp3) is 0.160. The second-order valence-corrected chi connectivity index (χ2v) is 9.20. The van der Waals surface area contributed by atoms with Gasteiger partial charge in [-0.05, 0) is 54.4 Å². The van der Waals surface area contributed by atoms with Crippen molar-refractivity contribution in [3.05, 3.63) is 89.0 Å². The Labute approximate surface area is 193 Å². The van der Waals surface area contributed by atoms with Crippen molar-refractivity contribution in [1.82, 2.24) is 5.06 Å². The van der Waals surface area contributed by atoms with Gasteiger partial charge < -0.3 is 4.74 Å². The Morgan fingerprint density at radius 3 is 2.27 bits per heavy atom. The van der Waals surface area contributed by atoms with Crippen LogP contribution in [0.3, 0.4) is 0 Å². The van der Waals surface area contributed by atoms with Crippen LogP contribution in [0.15, 0.2) is 71.6 Å². The van der Waals surface area contributed by atoms with Crippen molar-refractivity contribution in [3.63, 3.8) is 0 Å². The summed E-state index contributed by atoms with van der Waals surface area (Å²) in [6, 6.07) is 18.0. The summed E-state index contributed by atoms with van der Waals surface area (Å²) in [5, 5.41) is 10.3. The largest absolute Gasteiger partial charge is 0.497 e. The highest BCUT2D eigenvalue weighted by molar-refractivity contribution is 7.92. The average molecular weight is 465 g/mol. The van der Waals surface area contributed by atoms with Crippen LogP contribution in [0.25, 0.3) is 0 Å². The number of hydrogen-bond donors (Lipinski definition) is 1. The van der Waals surface area contributed by atoms with Gasteiger partial charge in [-0.15, -0.1) is 6.42 Å². The van der Waals surface area contributed by atoms with Crippen LogP contribution in [0, 0.1) is 19.3 Å². The first kappa shape index (κ1) is 23.9.